The Labute approximate surface area is 202 Å². The average molecular weight is 475 g/mol. The van der Waals surface area contributed by atoms with E-state index in [1.54, 1.807) is 46.2 Å². The van der Waals surface area contributed by atoms with E-state index in [1.807, 2.05) is 29.9 Å². The molecule has 0 saturated heterocycles. The molecule has 180 valence electrons. The Morgan fingerprint density at radius 3 is 2.51 bits per heavy atom. The molecule has 0 saturated carbocycles. The Kier molecular flexibility index (Phi) is 5.68. The monoisotopic (exact) mass is 474 g/mol. The highest BCUT2D eigenvalue weighted by molar-refractivity contribution is 6.18. The molecule has 3 heterocycles. The molecule has 0 bridgehead atoms. The largest absolute Gasteiger partial charge is 0.493 e. The number of benzene rings is 2. The fourth-order valence-corrected chi connectivity index (χ4v) is 4.83. The summed E-state index contributed by atoms with van der Waals surface area (Å²) in [5, 5.41) is 2.91. The van der Waals surface area contributed by atoms with Gasteiger partial charge in [0.1, 0.15) is 6.17 Å². The van der Waals surface area contributed by atoms with Crippen LogP contribution in [0.5, 0.6) is 11.5 Å². The molecule has 0 radical (unpaired) electrons. The first-order valence-electron chi connectivity index (χ1n) is 11.3. The van der Waals surface area contributed by atoms with Gasteiger partial charge in [0.15, 0.2) is 11.5 Å². The molecule has 1 atom stereocenters. The first-order valence-corrected chi connectivity index (χ1v) is 11.3. The second-order valence-electron chi connectivity index (χ2n) is 8.47. The maximum Gasteiger partial charge on any atom is 0.264 e. The number of aromatic nitrogens is 1. The van der Waals surface area contributed by atoms with Crippen molar-refractivity contribution in [1.82, 2.24) is 14.8 Å². The number of anilines is 1. The Hall–Kier alpha value is -4.27. The lowest BCUT2D eigenvalue weighted by atomic mass is 10.0. The van der Waals surface area contributed by atoms with Crippen molar-refractivity contribution in [2.45, 2.75) is 19.1 Å². The predicted octanol–water partition coefficient (Wildman–Crippen LogP) is 2.86. The lowest BCUT2D eigenvalue weighted by Gasteiger charge is -2.40. The number of fused-ring (bicyclic) bond motifs is 5. The van der Waals surface area contributed by atoms with Crippen LogP contribution in [0.1, 0.15) is 44.6 Å². The summed E-state index contributed by atoms with van der Waals surface area (Å²) in [6.07, 6.45) is 1.33. The molecule has 2 aliphatic heterocycles. The van der Waals surface area contributed by atoms with Crippen LogP contribution in [0.15, 0.2) is 54.7 Å². The topological polar surface area (TPSA) is 93.1 Å². The summed E-state index contributed by atoms with van der Waals surface area (Å²) in [5.74, 6) is 0.0768. The fraction of sp³-hybridized carbons (Fsp3) is 0.269. The van der Waals surface area contributed by atoms with E-state index in [1.165, 1.54) is 14.2 Å². The highest BCUT2D eigenvalue weighted by Gasteiger charge is 2.49. The van der Waals surface area contributed by atoms with Gasteiger partial charge in [-0.15, -0.1) is 0 Å². The molecule has 0 fully saturated rings. The minimum atomic E-state index is -0.680. The molecule has 3 aromatic rings. The highest BCUT2D eigenvalue weighted by atomic mass is 16.5. The number of para-hydroxylation sites is 1. The maximum atomic E-state index is 13.7. The summed E-state index contributed by atoms with van der Waals surface area (Å²) in [6, 6.07) is 14.4. The molecule has 1 aromatic heterocycles. The van der Waals surface area contributed by atoms with E-state index in [2.05, 4.69) is 5.32 Å². The molecule has 35 heavy (non-hydrogen) atoms. The molecule has 0 unspecified atom stereocenters. The van der Waals surface area contributed by atoms with Gasteiger partial charge >= 0.3 is 0 Å². The van der Waals surface area contributed by atoms with E-state index in [0.717, 1.165) is 5.69 Å². The van der Waals surface area contributed by atoms with Gasteiger partial charge < -0.3 is 24.3 Å². The number of ether oxygens (including phenoxy) is 2. The number of aryl methyl sites for hydroxylation is 1. The number of carbonyl (C=O) groups excluding carboxylic acids is 3. The summed E-state index contributed by atoms with van der Waals surface area (Å²) in [6.45, 7) is 0.543. The fourth-order valence-electron chi connectivity index (χ4n) is 4.83. The van der Waals surface area contributed by atoms with Gasteiger partial charge in [-0.2, -0.15) is 0 Å². The summed E-state index contributed by atoms with van der Waals surface area (Å²) >= 11 is 0. The summed E-state index contributed by atoms with van der Waals surface area (Å²) in [7, 11) is 4.91. The number of carbonyl (C=O) groups is 3. The van der Waals surface area contributed by atoms with E-state index >= 15 is 0 Å². The van der Waals surface area contributed by atoms with Gasteiger partial charge in [0.05, 0.1) is 37.6 Å². The Balaban J connectivity index is 1.47. The van der Waals surface area contributed by atoms with Crippen molar-refractivity contribution in [3.63, 3.8) is 0 Å². The minimum Gasteiger partial charge on any atom is -0.493 e. The van der Waals surface area contributed by atoms with Crippen LogP contribution in [0.25, 0.3) is 0 Å². The second kappa shape index (κ2) is 8.83. The molecular formula is C26H26N4O5. The zero-order chi connectivity index (χ0) is 24.7. The van der Waals surface area contributed by atoms with Gasteiger partial charge in [-0.25, -0.2) is 0 Å². The lowest BCUT2D eigenvalue weighted by Crippen LogP contribution is -2.49. The van der Waals surface area contributed by atoms with E-state index < -0.39 is 6.17 Å². The zero-order valence-electron chi connectivity index (χ0n) is 19.8. The minimum absolute atomic E-state index is 0.0967. The number of rotatable bonds is 7. The van der Waals surface area contributed by atoms with E-state index in [-0.39, 0.29) is 30.7 Å². The predicted molar refractivity (Wildman–Crippen MR) is 128 cm³/mol. The van der Waals surface area contributed by atoms with Crippen LogP contribution in [0.4, 0.5) is 5.69 Å². The number of amides is 3. The molecule has 9 nitrogen and oxygen atoms in total. The van der Waals surface area contributed by atoms with Crippen molar-refractivity contribution >= 4 is 23.4 Å². The molecule has 2 aromatic carbocycles. The third-order valence-electron chi connectivity index (χ3n) is 6.58. The average Bonchev–Trinajstić information content (AvgIpc) is 3.42. The highest BCUT2D eigenvalue weighted by Crippen LogP contribution is 2.49. The summed E-state index contributed by atoms with van der Waals surface area (Å²) in [4.78, 5) is 43.1. The summed E-state index contributed by atoms with van der Waals surface area (Å²) in [5.41, 5.74) is 2.93. The lowest BCUT2D eigenvalue weighted by molar-refractivity contribution is -0.121. The first-order chi connectivity index (χ1) is 17.0. The molecule has 1 N–H and O–H groups in total. The quantitative estimate of drug-likeness (QED) is 0.569. The van der Waals surface area contributed by atoms with E-state index in [4.69, 9.17) is 9.47 Å². The smallest absolute Gasteiger partial charge is 0.264 e. The van der Waals surface area contributed by atoms with Crippen LogP contribution >= 0.6 is 0 Å². The Morgan fingerprint density at radius 1 is 1.00 bits per heavy atom. The normalized spacial score (nSPS) is 16.0. The standard InChI is InChI=1S/C26H26N4O5/c1-28-13-6-7-16(28)15-27-21(31)12-14-29-24-18-10-11-20(34-2)23(35-3)22(18)26(33)30(24)19-9-5-4-8-17(19)25(29)32/h4-11,13,24H,12,14-15H2,1-3H3,(H,27,31)/t24-/m0/s1. The van der Waals surface area contributed by atoms with Crippen molar-refractivity contribution in [2.75, 3.05) is 25.7 Å². The number of hydrogen-bond acceptors (Lipinski definition) is 5. The van der Waals surface area contributed by atoms with Crippen molar-refractivity contribution in [1.29, 1.82) is 0 Å². The molecule has 9 heteroatoms. The van der Waals surface area contributed by atoms with E-state index in [9.17, 15) is 14.4 Å². The SMILES string of the molecule is COc1ccc2c(c1OC)C(=O)N1c3ccccc3C(=O)N(CCC(=O)NCc3cccn3C)[C@H]21. The van der Waals surface area contributed by atoms with Crippen molar-refractivity contribution in [3.05, 3.63) is 77.1 Å². The molecule has 0 aliphatic carbocycles. The zero-order valence-corrected chi connectivity index (χ0v) is 19.8. The third-order valence-corrected chi connectivity index (χ3v) is 6.58. The molecule has 3 amide bonds. The van der Waals surface area contributed by atoms with Crippen molar-refractivity contribution in [2.24, 2.45) is 7.05 Å². The van der Waals surface area contributed by atoms with Crippen LogP contribution in [0.2, 0.25) is 0 Å². The number of hydrogen-bond donors (Lipinski definition) is 1. The van der Waals surface area contributed by atoms with Gasteiger partial charge in [0.25, 0.3) is 11.8 Å². The van der Waals surface area contributed by atoms with Crippen LogP contribution in [0, 0.1) is 0 Å². The maximum absolute atomic E-state index is 13.7. The van der Waals surface area contributed by atoms with Gasteiger partial charge in [-0.3, -0.25) is 19.3 Å². The summed E-state index contributed by atoms with van der Waals surface area (Å²) < 4.78 is 12.9. The molecule has 5 rings (SSSR count). The van der Waals surface area contributed by atoms with Crippen molar-refractivity contribution in [3.8, 4) is 11.5 Å². The van der Waals surface area contributed by atoms with Crippen molar-refractivity contribution < 1.29 is 23.9 Å². The number of nitrogens with zero attached hydrogens (tertiary/aromatic N) is 3. The van der Waals surface area contributed by atoms with E-state index in [0.29, 0.717) is 40.4 Å². The third kappa shape index (κ3) is 3.60. The Morgan fingerprint density at radius 2 is 1.80 bits per heavy atom. The second-order valence-corrected chi connectivity index (χ2v) is 8.47. The Bertz CT molecular complexity index is 1330. The van der Waals surface area contributed by atoms with Gasteiger partial charge in [-0.1, -0.05) is 18.2 Å². The van der Waals surface area contributed by atoms with Gasteiger partial charge in [-0.05, 0) is 30.3 Å². The molecular weight excluding hydrogens is 448 g/mol. The van der Waals surface area contributed by atoms with Gasteiger partial charge in [0, 0.05) is 37.5 Å². The number of methoxy groups -OCH3 is 2. The van der Waals surface area contributed by atoms with Crippen LogP contribution < -0.4 is 19.7 Å². The molecule has 0 spiro atoms. The molecule has 2 aliphatic rings. The van der Waals surface area contributed by atoms with Gasteiger partial charge in [0.2, 0.25) is 5.91 Å². The van der Waals surface area contributed by atoms with Crippen LogP contribution in [0.3, 0.4) is 0 Å². The van der Waals surface area contributed by atoms with Crippen LogP contribution in [-0.4, -0.2) is 48.0 Å². The number of nitrogens with one attached hydrogen (secondary N) is 1. The first kappa shape index (κ1) is 22.5. The van der Waals surface area contributed by atoms with Crippen LogP contribution in [-0.2, 0) is 18.4 Å².